The topological polar surface area (TPSA) is 50.1 Å². The van der Waals surface area contributed by atoms with Crippen molar-refractivity contribution < 1.29 is 9.53 Å². The van der Waals surface area contributed by atoms with Crippen molar-refractivity contribution in [2.24, 2.45) is 17.8 Å². The van der Waals surface area contributed by atoms with Crippen molar-refractivity contribution >= 4 is 5.97 Å². The molecule has 0 aromatic heterocycles. The second-order valence-electron chi connectivity index (χ2n) is 5.24. The highest BCUT2D eigenvalue weighted by Crippen LogP contribution is 2.46. The van der Waals surface area contributed by atoms with Crippen molar-refractivity contribution in [1.29, 1.82) is 5.26 Å². The van der Waals surface area contributed by atoms with Gasteiger partial charge in [0.2, 0.25) is 0 Å². The number of ether oxygens (including phenoxy) is 1. The zero-order valence-electron chi connectivity index (χ0n) is 10.6. The van der Waals surface area contributed by atoms with Gasteiger partial charge in [0.05, 0.1) is 6.07 Å². The Hall–Kier alpha value is -1.04. The first-order valence-corrected chi connectivity index (χ1v) is 5.97. The molecule has 0 heterocycles. The monoisotopic (exact) mass is 223 g/mol. The van der Waals surface area contributed by atoms with E-state index in [9.17, 15) is 4.79 Å². The smallest absolute Gasteiger partial charge is 0.303 e. The fraction of sp³-hybridized carbons (Fsp3) is 0.846. The highest BCUT2D eigenvalue weighted by atomic mass is 16.6. The molecular formula is C13H21NO2. The maximum absolute atomic E-state index is 11.1. The fourth-order valence-electron chi connectivity index (χ4n) is 2.93. The molecule has 0 aromatic rings. The van der Waals surface area contributed by atoms with Crippen LogP contribution in [0.3, 0.4) is 0 Å². The Morgan fingerprint density at radius 2 is 2.31 bits per heavy atom. The summed E-state index contributed by atoms with van der Waals surface area (Å²) >= 11 is 0. The summed E-state index contributed by atoms with van der Waals surface area (Å²) in [7, 11) is 0. The third-order valence-corrected chi connectivity index (χ3v) is 4.10. The summed E-state index contributed by atoms with van der Waals surface area (Å²) in [6.07, 6.45) is 2.55. The lowest BCUT2D eigenvalue weighted by Gasteiger charge is -2.32. The number of carbonyl (C=O) groups excluding carboxylic acids is 1. The second-order valence-corrected chi connectivity index (χ2v) is 5.24. The first kappa shape index (κ1) is 13.0. The third-order valence-electron chi connectivity index (χ3n) is 4.10. The molecule has 0 bridgehead atoms. The summed E-state index contributed by atoms with van der Waals surface area (Å²) in [5.74, 6) is 1.00. The largest absolute Gasteiger partial charge is 0.459 e. The van der Waals surface area contributed by atoms with Crippen molar-refractivity contribution in [3.05, 3.63) is 0 Å². The Labute approximate surface area is 97.8 Å². The van der Waals surface area contributed by atoms with Crippen LogP contribution < -0.4 is 0 Å². The molecule has 0 aromatic carbocycles. The van der Waals surface area contributed by atoms with E-state index in [1.54, 1.807) is 0 Å². The molecule has 1 unspecified atom stereocenters. The second kappa shape index (κ2) is 4.86. The Morgan fingerprint density at radius 1 is 1.69 bits per heavy atom. The van der Waals surface area contributed by atoms with Gasteiger partial charge in [-0.25, -0.2) is 0 Å². The van der Waals surface area contributed by atoms with Gasteiger partial charge in [-0.15, -0.1) is 0 Å². The first-order chi connectivity index (χ1) is 7.40. The van der Waals surface area contributed by atoms with Crippen LogP contribution in [-0.2, 0) is 9.53 Å². The van der Waals surface area contributed by atoms with E-state index >= 15 is 0 Å². The predicted octanol–water partition coefficient (Wildman–Crippen LogP) is 2.90. The molecule has 0 N–H and O–H groups in total. The van der Waals surface area contributed by atoms with Crippen LogP contribution in [0.15, 0.2) is 0 Å². The van der Waals surface area contributed by atoms with E-state index in [0.29, 0.717) is 24.2 Å². The van der Waals surface area contributed by atoms with Gasteiger partial charge in [0.25, 0.3) is 0 Å². The summed E-state index contributed by atoms with van der Waals surface area (Å²) in [4.78, 5) is 11.1. The fourth-order valence-corrected chi connectivity index (χ4v) is 2.93. The lowest BCUT2D eigenvalue weighted by molar-refractivity contribution is -0.159. The molecule has 3 nitrogen and oxygen atoms in total. The molecule has 1 rings (SSSR count). The van der Waals surface area contributed by atoms with Gasteiger partial charge in [0.15, 0.2) is 0 Å². The van der Waals surface area contributed by atoms with Gasteiger partial charge in [-0.3, -0.25) is 4.79 Å². The Balaban J connectivity index is 2.69. The minimum atomic E-state index is -0.333. The molecule has 0 aliphatic heterocycles. The van der Waals surface area contributed by atoms with Crippen molar-refractivity contribution in [1.82, 2.24) is 0 Å². The maximum atomic E-state index is 11.1. The Bertz CT molecular complexity index is 308. The van der Waals surface area contributed by atoms with Crippen LogP contribution in [0.4, 0.5) is 0 Å². The zero-order valence-corrected chi connectivity index (χ0v) is 10.6. The molecule has 0 radical (unpaired) electrons. The molecule has 1 aliphatic carbocycles. The number of rotatable bonds is 3. The van der Waals surface area contributed by atoms with Crippen molar-refractivity contribution in [3.8, 4) is 6.07 Å². The van der Waals surface area contributed by atoms with Crippen LogP contribution >= 0.6 is 0 Å². The van der Waals surface area contributed by atoms with E-state index in [2.05, 4.69) is 19.9 Å². The lowest BCUT2D eigenvalue weighted by atomic mass is 9.80. The van der Waals surface area contributed by atoms with Crippen LogP contribution in [0.2, 0.25) is 0 Å². The molecule has 1 aliphatic rings. The van der Waals surface area contributed by atoms with Gasteiger partial charge in [-0.1, -0.05) is 13.8 Å². The minimum Gasteiger partial charge on any atom is -0.459 e. The average molecular weight is 223 g/mol. The summed E-state index contributed by atoms with van der Waals surface area (Å²) < 4.78 is 5.45. The highest BCUT2D eigenvalue weighted by Gasteiger charge is 2.46. The highest BCUT2D eigenvalue weighted by molar-refractivity contribution is 5.66. The van der Waals surface area contributed by atoms with Gasteiger partial charge < -0.3 is 4.74 Å². The quantitative estimate of drug-likeness (QED) is 0.691. The Morgan fingerprint density at radius 3 is 2.81 bits per heavy atom. The lowest BCUT2D eigenvalue weighted by Crippen LogP contribution is -2.36. The van der Waals surface area contributed by atoms with E-state index in [1.165, 1.54) is 6.92 Å². The summed E-state index contributed by atoms with van der Waals surface area (Å²) in [6.45, 7) is 7.72. The molecule has 0 saturated heterocycles. The number of nitrogens with zero attached hydrogens (tertiary/aromatic N) is 1. The summed E-state index contributed by atoms with van der Waals surface area (Å²) in [6, 6.07) is 2.23. The number of hydrogen-bond donors (Lipinski definition) is 0. The number of esters is 1. The molecular weight excluding hydrogens is 202 g/mol. The maximum Gasteiger partial charge on any atom is 0.303 e. The zero-order chi connectivity index (χ0) is 12.3. The van der Waals surface area contributed by atoms with Gasteiger partial charge in [-0.2, -0.15) is 5.26 Å². The van der Waals surface area contributed by atoms with Gasteiger partial charge in [-0.05, 0) is 37.5 Å². The van der Waals surface area contributed by atoms with Gasteiger partial charge in [0.1, 0.15) is 5.60 Å². The van der Waals surface area contributed by atoms with Crippen molar-refractivity contribution in [3.63, 3.8) is 0 Å². The molecule has 1 fully saturated rings. The Kier molecular flexibility index (Phi) is 3.96. The average Bonchev–Trinajstić information content (AvgIpc) is 2.43. The molecule has 1 saturated carbocycles. The van der Waals surface area contributed by atoms with Crippen LogP contribution in [0.25, 0.3) is 0 Å². The van der Waals surface area contributed by atoms with Gasteiger partial charge >= 0.3 is 5.97 Å². The van der Waals surface area contributed by atoms with E-state index in [1.807, 2.05) is 6.92 Å². The molecule has 4 atom stereocenters. The third kappa shape index (κ3) is 2.55. The summed E-state index contributed by atoms with van der Waals surface area (Å²) in [5.41, 5.74) is -0.333. The van der Waals surface area contributed by atoms with E-state index in [0.717, 1.165) is 12.8 Å². The van der Waals surface area contributed by atoms with Crippen molar-refractivity contribution in [2.45, 2.75) is 52.6 Å². The van der Waals surface area contributed by atoms with Crippen LogP contribution in [0.5, 0.6) is 0 Å². The van der Waals surface area contributed by atoms with Crippen molar-refractivity contribution in [2.75, 3.05) is 0 Å². The normalized spacial score (nSPS) is 35.4. The molecule has 90 valence electrons. The van der Waals surface area contributed by atoms with Crippen LogP contribution in [0.1, 0.15) is 47.0 Å². The predicted molar refractivity (Wildman–Crippen MR) is 61.5 cm³/mol. The van der Waals surface area contributed by atoms with Crippen LogP contribution in [0, 0.1) is 29.1 Å². The van der Waals surface area contributed by atoms with E-state index in [-0.39, 0.29) is 11.6 Å². The van der Waals surface area contributed by atoms with Gasteiger partial charge in [0, 0.05) is 13.3 Å². The summed E-state index contributed by atoms with van der Waals surface area (Å²) in [5, 5.41) is 8.72. The standard InChI is InChI=1S/C13H21NO2/c1-9(6-8-14)12-5-7-13(4,10(12)2)16-11(3)15/h9-10,12H,5-7H2,1-4H3/t9?,10-,12+,13+/m0/s1. The molecule has 3 heteroatoms. The molecule has 0 amide bonds. The molecule has 16 heavy (non-hydrogen) atoms. The first-order valence-electron chi connectivity index (χ1n) is 5.97. The number of carbonyl (C=O) groups is 1. The number of nitriles is 1. The van der Waals surface area contributed by atoms with Crippen LogP contribution in [-0.4, -0.2) is 11.6 Å². The molecule has 0 spiro atoms. The minimum absolute atomic E-state index is 0.206. The van der Waals surface area contributed by atoms with E-state index in [4.69, 9.17) is 10.00 Å². The SMILES string of the molecule is CC(=O)O[C@]1(C)CC[C@H](C(C)CC#N)[C@@H]1C. The van der Waals surface area contributed by atoms with E-state index < -0.39 is 0 Å². The number of hydrogen-bond acceptors (Lipinski definition) is 3.